The molecule has 0 aromatic carbocycles. The lowest BCUT2D eigenvalue weighted by Gasteiger charge is -2.25. The molecule has 1 N–H and O–H groups in total. The van der Waals surface area contributed by atoms with Crippen LogP contribution in [-0.2, 0) is 19.0 Å². The highest BCUT2D eigenvalue weighted by Crippen LogP contribution is 2.20. The summed E-state index contributed by atoms with van der Waals surface area (Å²) < 4.78 is 16.4. The van der Waals surface area contributed by atoms with Crippen molar-refractivity contribution in [3.63, 3.8) is 0 Å². The zero-order valence-corrected chi connectivity index (χ0v) is 18.1. The molecule has 0 bridgehead atoms. The molecule has 12 heteroatoms. The lowest BCUT2D eigenvalue weighted by Crippen LogP contribution is -2.43. The number of carbonyl (C=O) groups excluding carboxylic acids is 1. The van der Waals surface area contributed by atoms with Gasteiger partial charge in [0.15, 0.2) is 0 Å². The van der Waals surface area contributed by atoms with Crippen LogP contribution >= 0.6 is 0 Å². The number of likely N-dealkylation sites (tertiary alicyclic amines) is 1. The van der Waals surface area contributed by atoms with E-state index in [1.165, 1.54) is 0 Å². The van der Waals surface area contributed by atoms with Gasteiger partial charge in [-0.25, -0.2) is 0 Å². The topological polar surface area (TPSA) is 123 Å². The third-order valence-corrected chi connectivity index (χ3v) is 4.94. The van der Waals surface area contributed by atoms with Crippen LogP contribution in [0.3, 0.4) is 0 Å². The van der Waals surface area contributed by atoms with Crippen molar-refractivity contribution in [1.29, 1.82) is 0 Å². The van der Waals surface area contributed by atoms with E-state index >= 15 is 0 Å². The third kappa shape index (κ3) is 10.3. The Balaban J connectivity index is 2.00. The Morgan fingerprint density at radius 2 is 1.72 bits per heavy atom. The van der Waals surface area contributed by atoms with Gasteiger partial charge in [0.1, 0.15) is 0 Å². The Kier molecular flexibility index (Phi) is 12.9. The number of ether oxygens (including phenoxy) is 3. The Morgan fingerprint density at radius 1 is 1.17 bits per heavy atom. The molecule has 11 nitrogen and oxygen atoms in total. The largest absolute Gasteiger partial charge is 0.437 e. The average molecular weight is 414 g/mol. The van der Waals surface area contributed by atoms with Crippen molar-refractivity contribution in [2.45, 2.75) is 25.3 Å². The molecule has 0 aromatic rings. The predicted octanol–water partition coefficient (Wildman–Crippen LogP) is -0.0803. The summed E-state index contributed by atoms with van der Waals surface area (Å²) in [5.74, 6) is 0.0152. The first-order chi connectivity index (χ1) is 13.9. The molecule has 0 aliphatic carbocycles. The summed E-state index contributed by atoms with van der Waals surface area (Å²) in [4.78, 5) is 20.7. The highest BCUT2D eigenvalue weighted by atomic mass is 16.5. The quantitative estimate of drug-likeness (QED) is 0.131. The first-order valence-corrected chi connectivity index (χ1v) is 9.97. The Bertz CT molecular complexity index is 523. The highest BCUT2D eigenvalue weighted by molar-refractivity contribution is 6.45. The van der Waals surface area contributed by atoms with Crippen molar-refractivity contribution in [2.24, 2.45) is 5.11 Å². The van der Waals surface area contributed by atoms with Gasteiger partial charge in [-0.15, -0.1) is 0 Å². The van der Waals surface area contributed by atoms with Crippen LogP contribution < -0.4 is 0 Å². The zero-order valence-electron chi connectivity index (χ0n) is 18.1. The molecule has 1 fully saturated rings. The van der Waals surface area contributed by atoms with Crippen LogP contribution in [0.15, 0.2) is 5.11 Å². The average Bonchev–Trinajstić information content (AvgIpc) is 3.05. The summed E-state index contributed by atoms with van der Waals surface area (Å²) in [5, 5.41) is 13.0. The maximum Gasteiger partial charge on any atom is 0.376 e. The summed E-state index contributed by atoms with van der Waals surface area (Å²) in [6.07, 6.45) is 0.551. The predicted molar refractivity (Wildman–Crippen MR) is 111 cm³/mol. The number of azide groups is 1. The number of rotatable bonds is 15. The molecule has 29 heavy (non-hydrogen) atoms. The Morgan fingerprint density at radius 3 is 2.28 bits per heavy atom. The number of hydrogen-bond acceptors (Lipinski definition) is 8. The normalized spacial score (nSPS) is 19.4. The number of nitrogens with zero attached hydrogens (tertiary/aromatic N) is 6. The van der Waals surface area contributed by atoms with Gasteiger partial charge >= 0.3 is 7.05 Å². The number of amides is 1. The van der Waals surface area contributed by atoms with Crippen LogP contribution in [0.1, 0.15) is 6.42 Å². The molecular weight excluding hydrogens is 379 g/mol. The molecule has 0 saturated carbocycles. The molecule has 0 aromatic heterocycles. The molecule has 0 radical (unpaired) electrons. The van der Waals surface area contributed by atoms with E-state index in [0.29, 0.717) is 65.7 Å². The summed E-state index contributed by atoms with van der Waals surface area (Å²) in [6.45, 7) is 6.35. The molecule has 1 aliphatic rings. The second-order valence-electron chi connectivity index (χ2n) is 7.26. The third-order valence-electron chi connectivity index (χ3n) is 4.94. The fraction of sp³-hybridized carbons (Fsp3) is 0.941. The Labute approximate surface area is 173 Å². The monoisotopic (exact) mass is 414 g/mol. The number of carbonyl (C=O) groups is 1. The highest BCUT2D eigenvalue weighted by Gasteiger charge is 2.35. The van der Waals surface area contributed by atoms with Crippen LogP contribution in [0.4, 0.5) is 0 Å². The first kappa shape index (κ1) is 25.6. The van der Waals surface area contributed by atoms with Gasteiger partial charge in [0.05, 0.1) is 51.7 Å². The van der Waals surface area contributed by atoms with E-state index in [1.807, 2.05) is 19.0 Å². The molecule has 1 aliphatic heterocycles. The van der Waals surface area contributed by atoms with Crippen LogP contribution in [0, 0.1) is 0 Å². The van der Waals surface area contributed by atoms with E-state index in [2.05, 4.69) is 10.0 Å². The van der Waals surface area contributed by atoms with Gasteiger partial charge in [-0.2, -0.15) is 0 Å². The van der Waals surface area contributed by atoms with Crippen LogP contribution in [0.5, 0.6) is 0 Å². The van der Waals surface area contributed by atoms with Gasteiger partial charge in [-0.3, -0.25) is 9.69 Å². The number of likely N-dealkylation sites (N-methyl/N-ethyl adjacent to an activating group) is 3. The van der Waals surface area contributed by atoms with E-state index < -0.39 is 7.05 Å². The van der Waals surface area contributed by atoms with Gasteiger partial charge in [-0.05, 0) is 32.9 Å². The van der Waals surface area contributed by atoms with E-state index in [4.69, 9.17) is 19.7 Å². The molecule has 1 saturated heterocycles. The molecule has 0 spiro atoms. The smallest absolute Gasteiger partial charge is 0.376 e. The van der Waals surface area contributed by atoms with E-state index in [-0.39, 0.29) is 18.0 Å². The summed E-state index contributed by atoms with van der Waals surface area (Å²) >= 11 is 0. The summed E-state index contributed by atoms with van der Waals surface area (Å²) in [6, 6.07) is -0.400. The van der Waals surface area contributed by atoms with Crippen LogP contribution in [0.2, 0.25) is 6.82 Å². The maximum atomic E-state index is 12.5. The second-order valence-corrected chi connectivity index (χ2v) is 7.26. The van der Waals surface area contributed by atoms with Crippen molar-refractivity contribution < 1.29 is 24.0 Å². The SMILES string of the molecule is CB(O)N(C)CCOCCOCCOCCN(C)C(=O)[C@@H]1C[C@H](N=[N+]=[N-])CN1C. The lowest BCUT2D eigenvalue weighted by molar-refractivity contribution is -0.135. The molecule has 166 valence electrons. The lowest BCUT2D eigenvalue weighted by atomic mass is 9.86. The molecule has 2 atom stereocenters. The molecular formula is C17H35BN6O5. The van der Waals surface area contributed by atoms with E-state index in [9.17, 15) is 9.82 Å². The van der Waals surface area contributed by atoms with Gasteiger partial charge in [-0.1, -0.05) is 5.11 Å². The van der Waals surface area contributed by atoms with Crippen molar-refractivity contribution in [1.82, 2.24) is 14.6 Å². The molecule has 1 rings (SSSR count). The minimum Gasteiger partial charge on any atom is -0.437 e. The van der Waals surface area contributed by atoms with Gasteiger partial charge in [0.2, 0.25) is 5.91 Å². The zero-order chi connectivity index (χ0) is 21.6. The minimum atomic E-state index is -0.477. The van der Waals surface area contributed by atoms with Gasteiger partial charge in [0.25, 0.3) is 0 Å². The maximum absolute atomic E-state index is 12.5. The van der Waals surface area contributed by atoms with Gasteiger partial charge in [0, 0.05) is 31.6 Å². The van der Waals surface area contributed by atoms with E-state index in [1.54, 1.807) is 23.6 Å². The summed E-state index contributed by atoms with van der Waals surface area (Å²) in [7, 11) is 4.98. The van der Waals surface area contributed by atoms with Crippen molar-refractivity contribution in [3.05, 3.63) is 10.4 Å². The Hall–Kier alpha value is -1.40. The van der Waals surface area contributed by atoms with Crippen molar-refractivity contribution in [3.8, 4) is 0 Å². The molecule has 0 unspecified atom stereocenters. The van der Waals surface area contributed by atoms with Crippen LogP contribution in [-0.4, -0.2) is 125 Å². The first-order valence-electron chi connectivity index (χ1n) is 9.97. The second kappa shape index (κ2) is 14.6. The standard InChI is InChI=1S/C17H35BN6O5/c1-18(26)24(4)6-8-28-10-12-29-11-9-27-7-5-22(2)17(25)16-13-15(20-21-19)14-23(16)3/h15-16,26H,5-14H2,1-4H3/t15-,16-/m0/s1. The fourth-order valence-corrected chi connectivity index (χ4v) is 2.92. The van der Waals surface area contributed by atoms with Crippen LogP contribution in [0.25, 0.3) is 10.4 Å². The fourth-order valence-electron chi connectivity index (χ4n) is 2.92. The van der Waals surface area contributed by atoms with Crippen molar-refractivity contribution in [2.75, 3.05) is 80.4 Å². The number of hydrogen-bond donors (Lipinski definition) is 1. The van der Waals surface area contributed by atoms with E-state index in [0.717, 1.165) is 0 Å². The minimum absolute atomic E-state index is 0.0152. The van der Waals surface area contributed by atoms with Gasteiger partial charge < -0.3 is 28.9 Å². The molecule has 1 heterocycles. The van der Waals surface area contributed by atoms with Crippen molar-refractivity contribution >= 4 is 13.0 Å². The molecule has 1 amide bonds. The summed E-state index contributed by atoms with van der Waals surface area (Å²) in [5.41, 5.74) is 8.54.